The number of allylic oxidation sites excluding steroid dienone is 6. The average Bonchev–Trinajstić information content (AvgIpc) is 2.54. The quantitative estimate of drug-likeness (QED) is 0.729. The van der Waals surface area contributed by atoms with E-state index in [1.807, 2.05) is 49.7 Å². The van der Waals surface area contributed by atoms with E-state index in [9.17, 15) is 0 Å². The zero-order valence-electron chi connectivity index (χ0n) is 12.2. The first-order valence-corrected chi connectivity index (χ1v) is 6.75. The number of nitrogens with zero attached hydrogens (tertiary/aromatic N) is 2. The Balaban J connectivity index is 2.49. The van der Waals surface area contributed by atoms with Gasteiger partial charge in [-0.2, -0.15) is 0 Å². The van der Waals surface area contributed by atoms with E-state index in [-0.39, 0.29) is 0 Å². The fourth-order valence-electron chi connectivity index (χ4n) is 2.09. The minimum atomic E-state index is 0.909. The van der Waals surface area contributed by atoms with Gasteiger partial charge in [0.25, 0.3) is 0 Å². The van der Waals surface area contributed by atoms with Crippen LogP contribution in [0.3, 0.4) is 0 Å². The minimum Gasteiger partial charge on any atom is -0.264 e. The zero-order chi connectivity index (χ0) is 15.1. The van der Waals surface area contributed by atoms with E-state index >= 15 is 0 Å². The molecule has 0 aliphatic rings. The lowest BCUT2D eigenvalue weighted by Gasteiger charge is -2.09. The second kappa shape index (κ2) is 7.15. The van der Waals surface area contributed by atoms with Crippen molar-refractivity contribution >= 4 is 5.57 Å². The van der Waals surface area contributed by atoms with Crippen LogP contribution in [0.5, 0.6) is 0 Å². The zero-order valence-corrected chi connectivity index (χ0v) is 12.2. The molecule has 0 aliphatic carbocycles. The van der Waals surface area contributed by atoms with Gasteiger partial charge >= 0.3 is 0 Å². The molecule has 2 aromatic heterocycles. The maximum Gasteiger partial charge on any atom is 0.0710 e. The van der Waals surface area contributed by atoms with Gasteiger partial charge in [-0.3, -0.25) is 9.97 Å². The SMILES string of the molecule is C=C/C=C(C)\C(=C/C=C)c1cc(-c2cccnc2)ccn1. The Kier molecular flexibility index (Phi) is 4.99. The van der Waals surface area contributed by atoms with Gasteiger partial charge in [0.05, 0.1) is 5.69 Å². The molecule has 2 heteroatoms. The van der Waals surface area contributed by atoms with Crippen molar-refractivity contribution in [2.75, 3.05) is 0 Å². The van der Waals surface area contributed by atoms with E-state index in [1.165, 1.54) is 0 Å². The van der Waals surface area contributed by atoms with Crippen LogP contribution in [0.4, 0.5) is 0 Å². The number of hydrogen-bond acceptors (Lipinski definition) is 2. The van der Waals surface area contributed by atoms with Crippen LogP contribution in [0.15, 0.2) is 85.9 Å². The fraction of sp³-hybridized carbons (Fsp3) is 0.0526. The molecule has 21 heavy (non-hydrogen) atoms. The molecule has 0 N–H and O–H groups in total. The molecule has 2 aromatic rings. The van der Waals surface area contributed by atoms with Gasteiger partial charge in [0.2, 0.25) is 0 Å². The summed E-state index contributed by atoms with van der Waals surface area (Å²) in [7, 11) is 0. The monoisotopic (exact) mass is 274 g/mol. The van der Waals surface area contributed by atoms with E-state index in [0.717, 1.165) is 28.0 Å². The number of aromatic nitrogens is 2. The molecule has 0 saturated carbocycles. The van der Waals surface area contributed by atoms with E-state index in [4.69, 9.17) is 0 Å². The second-order valence-corrected chi connectivity index (χ2v) is 4.57. The fourth-order valence-corrected chi connectivity index (χ4v) is 2.09. The maximum atomic E-state index is 4.48. The van der Waals surface area contributed by atoms with Crippen molar-refractivity contribution in [2.45, 2.75) is 6.92 Å². The minimum absolute atomic E-state index is 0.909. The van der Waals surface area contributed by atoms with Gasteiger partial charge in [-0.05, 0) is 36.3 Å². The van der Waals surface area contributed by atoms with Crippen LogP contribution in [-0.2, 0) is 0 Å². The standard InChI is InChI=1S/C19H18N2/c1-4-7-15(3)18(8-5-2)19-13-16(10-12-21-19)17-9-6-11-20-14-17/h4-14H,1-2H2,3H3/b15-7-,18-8+. The van der Waals surface area contributed by atoms with Crippen molar-refractivity contribution in [3.8, 4) is 11.1 Å². The molecule has 0 saturated heterocycles. The van der Waals surface area contributed by atoms with Gasteiger partial charge in [0.15, 0.2) is 0 Å². The number of hydrogen-bond donors (Lipinski definition) is 0. The Bertz CT molecular complexity index is 695. The van der Waals surface area contributed by atoms with Crippen molar-refractivity contribution < 1.29 is 0 Å². The first-order chi connectivity index (χ1) is 10.3. The first kappa shape index (κ1) is 14.7. The van der Waals surface area contributed by atoms with Crippen molar-refractivity contribution in [2.24, 2.45) is 0 Å². The Morgan fingerprint density at radius 2 is 1.86 bits per heavy atom. The summed E-state index contributed by atoms with van der Waals surface area (Å²) in [4.78, 5) is 8.64. The maximum absolute atomic E-state index is 4.48. The summed E-state index contributed by atoms with van der Waals surface area (Å²) in [5.74, 6) is 0. The first-order valence-electron chi connectivity index (χ1n) is 6.75. The molecular weight excluding hydrogens is 256 g/mol. The molecule has 0 atom stereocenters. The molecule has 0 aromatic carbocycles. The Morgan fingerprint density at radius 3 is 2.52 bits per heavy atom. The Labute approximate surface area is 125 Å². The summed E-state index contributed by atoms with van der Waals surface area (Å²) in [5.41, 5.74) is 5.21. The highest BCUT2D eigenvalue weighted by Crippen LogP contribution is 2.25. The van der Waals surface area contributed by atoms with Gasteiger partial charge in [0, 0.05) is 29.7 Å². The lowest BCUT2D eigenvalue weighted by molar-refractivity contribution is 1.26. The highest BCUT2D eigenvalue weighted by molar-refractivity contribution is 5.80. The second-order valence-electron chi connectivity index (χ2n) is 4.57. The molecule has 0 amide bonds. The van der Waals surface area contributed by atoms with Gasteiger partial charge in [-0.15, -0.1) is 0 Å². The van der Waals surface area contributed by atoms with Crippen molar-refractivity contribution in [1.29, 1.82) is 0 Å². The smallest absolute Gasteiger partial charge is 0.0710 e. The summed E-state index contributed by atoms with van der Waals surface area (Å²) in [6.45, 7) is 9.56. The third kappa shape index (κ3) is 3.63. The third-order valence-electron chi connectivity index (χ3n) is 3.11. The average molecular weight is 274 g/mol. The summed E-state index contributed by atoms with van der Waals surface area (Å²) in [5, 5.41) is 0. The topological polar surface area (TPSA) is 25.8 Å². The van der Waals surface area contributed by atoms with Crippen molar-refractivity contribution in [1.82, 2.24) is 9.97 Å². The molecule has 104 valence electrons. The van der Waals surface area contributed by atoms with Gasteiger partial charge < -0.3 is 0 Å². The van der Waals surface area contributed by atoms with Crippen LogP contribution in [0.2, 0.25) is 0 Å². The lowest BCUT2D eigenvalue weighted by atomic mass is 10.00. The van der Waals surface area contributed by atoms with Crippen LogP contribution in [0.1, 0.15) is 12.6 Å². The molecule has 2 rings (SSSR count). The summed E-state index contributed by atoms with van der Waals surface area (Å²) < 4.78 is 0. The Morgan fingerprint density at radius 1 is 1.05 bits per heavy atom. The van der Waals surface area contributed by atoms with Crippen LogP contribution in [-0.4, -0.2) is 9.97 Å². The van der Waals surface area contributed by atoms with E-state index in [0.29, 0.717) is 0 Å². The molecule has 2 nitrogen and oxygen atoms in total. The van der Waals surface area contributed by atoms with Crippen LogP contribution in [0, 0.1) is 0 Å². The van der Waals surface area contributed by atoms with E-state index < -0.39 is 0 Å². The van der Waals surface area contributed by atoms with Gasteiger partial charge in [-0.1, -0.05) is 43.5 Å². The molecule has 0 aliphatic heterocycles. The largest absolute Gasteiger partial charge is 0.264 e. The van der Waals surface area contributed by atoms with Crippen LogP contribution < -0.4 is 0 Å². The lowest BCUT2D eigenvalue weighted by Crippen LogP contribution is -1.92. The normalized spacial score (nSPS) is 12.0. The highest BCUT2D eigenvalue weighted by atomic mass is 14.7. The van der Waals surface area contributed by atoms with Gasteiger partial charge in [0.1, 0.15) is 0 Å². The molecule has 0 fully saturated rings. The van der Waals surface area contributed by atoms with E-state index in [1.54, 1.807) is 18.3 Å². The predicted octanol–water partition coefficient (Wildman–Crippen LogP) is 4.85. The van der Waals surface area contributed by atoms with Crippen LogP contribution in [0.25, 0.3) is 16.7 Å². The predicted molar refractivity (Wildman–Crippen MR) is 89.6 cm³/mol. The molecule has 0 spiro atoms. The summed E-state index contributed by atoms with van der Waals surface area (Å²) >= 11 is 0. The van der Waals surface area contributed by atoms with Gasteiger partial charge in [-0.25, -0.2) is 0 Å². The Hall–Kier alpha value is -2.74. The number of pyridine rings is 2. The van der Waals surface area contributed by atoms with Crippen molar-refractivity contribution in [3.63, 3.8) is 0 Å². The van der Waals surface area contributed by atoms with E-state index in [2.05, 4.69) is 29.2 Å². The highest BCUT2D eigenvalue weighted by Gasteiger charge is 2.06. The molecular formula is C19H18N2. The number of rotatable bonds is 5. The summed E-state index contributed by atoms with van der Waals surface area (Å²) in [6.07, 6.45) is 12.9. The summed E-state index contributed by atoms with van der Waals surface area (Å²) in [6, 6.07) is 8.01. The molecule has 2 heterocycles. The molecule has 0 radical (unpaired) electrons. The molecule has 0 unspecified atom stereocenters. The van der Waals surface area contributed by atoms with Crippen LogP contribution >= 0.6 is 0 Å². The molecule has 0 bridgehead atoms. The van der Waals surface area contributed by atoms with Crippen molar-refractivity contribution in [3.05, 3.63) is 91.6 Å². The third-order valence-corrected chi connectivity index (χ3v) is 3.11.